The molecule has 0 saturated carbocycles. The molecule has 0 spiro atoms. The Morgan fingerprint density at radius 3 is 2.46 bits per heavy atom. The van der Waals surface area contributed by atoms with Crippen LogP contribution >= 0.6 is 0 Å². The zero-order chi connectivity index (χ0) is 21.3. The van der Waals surface area contributed by atoms with Gasteiger partial charge in [-0.15, -0.1) is 4.36 Å². The number of imide groups is 1. The minimum absolute atomic E-state index is 0.107. The van der Waals surface area contributed by atoms with Crippen molar-refractivity contribution < 1.29 is 22.7 Å². The fraction of sp³-hybridized carbons (Fsp3) is 0.579. The summed E-state index contributed by atoms with van der Waals surface area (Å²) in [5.74, 6) is -0.739. The van der Waals surface area contributed by atoms with Gasteiger partial charge in [0.05, 0.1) is 13.0 Å². The highest BCUT2D eigenvalue weighted by Gasteiger charge is 2.30. The Bertz CT molecular complexity index is 815. The van der Waals surface area contributed by atoms with Gasteiger partial charge in [-0.25, -0.2) is 4.79 Å². The van der Waals surface area contributed by atoms with E-state index in [4.69, 9.17) is 4.74 Å². The van der Waals surface area contributed by atoms with Gasteiger partial charge in [-0.05, 0) is 38.0 Å². The maximum Gasteiger partial charge on any atom is 0.324 e. The summed E-state index contributed by atoms with van der Waals surface area (Å²) in [6.07, 6.45) is 3.73. The number of hydrogen-bond acceptors (Lipinski definition) is 6. The van der Waals surface area contributed by atoms with Crippen molar-refractivity contribution in [3.05, 3.63) is 23.8 Å². The Morgan fingerprint density at radius 1 is 1.25 bits per heavy atom. The average molecular weight is 412 g/mol. The van der Waals surface area contributed by atoms with E-state index in [0.29, 0.717) is 5.56 Å². The topological polar surface area (TPSA) is 105 Å². The van der Waals surface area contributed by atoms with Crippen LogP contribution in [0.15, 0.2) is 22.6 Å². The van der Waals surface area contributed by atoms with Crippen molar-refractivity contribution in [1.29, 1.82) is 0 Å². The van der Waals surface area contributed by atoms with Gasteiger partial charge in [-0.3, -0.25) is 9.69 Å². The molecule has 28 heavy (non-hydrogen) atoms. The van der Waals surface area contributed by atoms with Crippen LogP contribution in [0.3, 0.4) is 0 Å². The van der Waals surface area contributed by atoms with E-state index in [0.717, 1.165) is 25.7 Å². The van der Waals surface area contributed by atoms with Gasteiger partial charge < -0.3 is 10.1 Å². The van der Waals surface area contributed by atoms with Crippen LogP contribution in [0.4, 0.5) is 10.5 Å². The lowest BCUT2D eigenvalue weighted by molar-refractivity contribution is -0.131. The first-order valence-corrected chi connectivity index (χ1v) is 10.3. The number of methoxy groups -OCH3 is 1. The van der Waals surface area contributed by atoms with Gasteiger partial charge in [0.2, 0.25) is 5.91 Å². The summed E-state index contributed by atoms with van der Waals surface area (Å²) in [4.78, 5) is 26.7. The number of ether oxygens (including phenoxy) is 1. The minimum Gasteiger partial charge on any atom is -0.494 e. The van der Waals surface area contributed by atoms with Crippen LogP contribution in [-0.4, -0.2) is 45.5 Å². The van der Waals surface area contributed by atoms with Crippen molar-refractivity contribution >= 4 is 28.1 Å². The molecule has 0 bridgehead atoms. The molecule has 1 rings (SSSR count). The standard InChI is InChI=1S/C19H29N3O5S/c1-6-7-8-9-13(2)22(19(24)20-4)18(23)14(3)15-10-11-17(27-5)16(12-15)21-28(25)26/h10-14H,6-9H2,1-5H3,(H,20,24). The van der Waals surface area contributed by atoms with E-state index < -0.39 is 22.4 Å². The van der Waals surface area contributed by atoms with Gasteiger partial charge >= 0.3 is 16.5 Å². The lowest BCUT2D eigenvalue weighted by Crippen LogP contribution is -2.49. The molecule has 2 atom stereocenters. The lowest BCUT2D eigenvalue weighted by atomic mass is 9.97. The molecule has 0 aliphatic carbocycles. The van der Waals surface area contributed by atoms with Crippen molar-refractivity contribution in [2.45, 2.75) is 58.4 Å². The van der Waals surface area contributed by atoms with E-state index in [1.807, 2.05) is 6.92 Å². The molecule has 0 radical (unpaired) electrons. The van der Waals surface area contributed by atoms with Crippen LogP contribution in [-0.2, 0) is 15.3 Å². The van der Waals surface area contributed by atoms with Crippen molar-refractivity contribution in [2.24, 2.45) is 4.36 Å². The Balaban J connectivity index is 3.18. The third kappa shape index (κ3) is 6.33. The van der Waals surface area contributed by atoms with Crippen LogP contribution in [0.5, 0.6) is 5.75 Å². The average Bonchev–Trinajstić information content (AvgIpc) is 2.66. The molecule has 0 heterocycles. The SMILES string of the molecule is CCCCCC(C)N(C(=O)NC)C(=O)C(C)c1ccc(OC)c(N=S(=O)=O)c1. The Labute approximate surface area is 168 Å². The minimum atomic E-state index is -2.65. The van der Waals surface area contributed by atoms with E-state index in [2.05, 4.69) is 16.6 Å². The number of carbonyl (C=O) groups is 2. The Morgan fingerprint density at radius 2 is 1.93 bits per heavy atom. The number of carbonyl (C=O) groups excluding carboxylic acids is 2. The van der Waals surface area contributed by atoms with Crippen LogP contribution in [0.2, 0.25) is 0 Å². The molecule has 1 N–H and O–H groups in total. The normalized spacial score (nSPS) is 12.6. The van der Waals surface area contributed by atoms with Crippen LogP contribution in [0.1, 0.15) is 57.9 Å². The molecule has 0 saturated heterocycles. The summed E-state index contributed by atoms with van der Waals surface area (Å²) in [5, 5.41) is 2.53. The van der Waals surface area contributed by atoms with Gasteiger partial charge in [0, 0.05) is 13.1 Å². The number of amides is 3. The Kier molecular flexibility index (Phi) is 9.64. The third-order valence-corrected chi connectivity index (χ3v) is 4.93. The molecule has 9 heteroatoms. The highest BCUT2D eigenvalue weighted by molar-refractivity contribution is 7.61. The third-order valence-electron chi connectivity index (χ3n) is 4.58. The van der Waals surface area contributed by atoms with Gasteiger partial charge in [0.1, 0.15) is 11.4 Å². The maximum absolute atomic E-state index is 13.1. The first kappa shape index (κ1) is 23.6. The predicted octanol–water partition coefficient (Wildman–Crippen LogP) is 3.63. The maximum atomic E-state index is 13.1. The van der Waals surface area contributed by atoms with E-state index in [-0.39, 0.29) is 23.4 Å². The highest BCUT2D eigenvalue weighted by Crippen LogP contribution is 2.32. The molecule has 0 fully saturated rings. The Hall–Kier alpha value is -2.42. The van der Waals surface area contributed by atoms with E-state index >= 15 is 0 Å². The number of nitrogens with one attached hydrogen (secondary N) is 1. The molecule has 0 aromatic heterocycles. The largest absolute Gasteiger partial charge is 0.494 e. The van der Waals surface area contributed by atoms with Gasteiger partial charge in [-0.2, -0.15) is 8.42 Å². The van der Waals surface area contributed by atoms with Crippen molar-refractivity contribution in [3.8, 4) is 5.75 Å². The summed E-state index contributed by atoms with van der Waals surface area (Å²) in [6, 6.07) is 4.00. The zero-order valence-electron chi connectivity index (χ0n) is 17.1. The van der Waals surface area contributed by atoms with Crippen molar-refractivity contribution in [1.82, 2.24) is 10.2 Å². The van der Waals surface area contributed by atoms with Crippen molar-refractivity contribution in [3.63, 3.8) is 0 Å². The van der Waals surface area contributed by atoms with Crippen LogP contribution in [0.25, 0.3) is 0 Å². The molecule has 8 nitrogen and oxygen atoms in total. The number of benzene rings is 1. The summed E-state index contributed by atoms with van der Waals surface area (Å²) in [7, 11) is 0.236. The molecule has 0 aliphatic heterocycles. The first-order chi connectivity index (χ1) is 13.3. The number of urea groups is 1. The van der Waals surface area contributed by atoms with E-state index in [1.165, 1.54) is 25.1 Å². The lowest BCUT2D eigenvalue weighted by Gasteiger charge is -2.29. The second-order valence-electron chi connectivity index (χ2n) is 6.57. The number of hydrogen-bond donors (Lipinski definition) is 1. The van der Waals surface area contributed by atoms with Crippen LogP contribution in [0, 0.1) is 0 Å². The number of nitrogens with zero attached hydrogens (tertiary/aromatic N) is 2. The summed E-state index contributed by atoms with van der Waals surface area (Å²) >= 11 is 0. The smallest absolute Gasteiger partial charge is 0.324 e. The molecule has 1 aromatic carbocycles. The monoisotopic (exact) mass is 411 g/mol. The van der Waals surface area contributed by atoms with Crippen LogP contribution < -0.4 is 10.1 Å². The summed E-state index contributed by atoms with van der Waals surface area (Å²) in [5.41, 5.74) is 0.653. The quantitative estimate of drug-likeness (QED) is 0.625. The number of rotatable bonds is 9. The predicted molar refractivity (Wildman–Crippen MR) is 107 cm³/mol. The van der Waals surface area contributed by atoms with Gasteiger partial charge in [0.25, 0.3) is 0 Å². The second kappa shape index (κ2) is 11.4. The molecule has 3 amide bonds. The van der Waals surface area contributed by atoms with E-state index in [9.17, 15) is 18.0 Å². The molecule has 0 aliphatic rings. The van der Waals surface area contributed by atoms with Crippen molar-refractivity contribution in [2.75, 3.05) is 14.2 Å². The highest BCUT2D eigenvalue weighted by atomic mass is 32.2. The fourth-order valence-corrected chi connectivity index (χ4v) is 3.24. The molecule has 1 aromatic rings. The summed E-state index contributed by atoms with van der Waals surface area (Å²) < 4.78 is 30.5. The molecular weight excluding hydrogens is 382 g/mol. The molecular formula is C19H29N3O5S. The van der Waals surface area contributed by atoms with Gasteiger partial charge in [0.15, 0.2) is 0 Å². The second-order valence-corrected chi connectivity index (χ2v) is 7.19. The van der Waals surface area contributed by atoms with E-state index in [1.54, 1.807) is 19.1 Å². The summed E-state index contributed by atoms with van der Waals surface area (Å²) in [6.45, 7) is 5.62. The number of unbranched alkanes of at least 4 members (excludes halogenated alkanes) is 2. The molecule has 156 valence electrons. The molecule has 2 unspecified atom stereocenters. The zero-order valence-corrected chi connectivity index (χ0v) is 17.9. The van der Waals surface area contributed by atoms with Gasteiger partial charge in [-0.1, -0.05) is 32.3 Å². The fourth-order valence-electron chi connectivity index (χ4n) is 2.94. The first-order valence-electron chi connectivity index (χ1n) is 9.30.